The molecule has 0 amide bonds. The molecule has 114 valence electrons. The predicted molar refractivity (Wildman–Crippen MR) is 94.3 cm³/mol. The molecule has 2 rings (SSSR count). The molecule has 0 spiro atoms. The summed E-state index contributed by atoms with van der Waals surface area (Å²) in [5.41, 5.74) is 8.81. The number of likely N-dealkylation sites (N-methyl/N-ethyl adjacent to an activating group) is 1. The minimum Gasteiger partial charge on any atom is -0.371 e. The molecule has 0 saturated heterocycles. The zero-order chi connectivity index (χ0) is 15.2. The highest BCUT2D eigenvalue weighted by molar-refractivity contribution is 7.09. The maximum atomic E-state index is 6.14. The van der Waals surface area contributed by atoms with Crippen LogP contribution in [0.1, 0.15) is 30.7 Å². The largest absolute Gasteiger partial charge is 0.371 e. The molecule has 21 heavy (non-hydrogen) atoms. The summed E-state index contributed by atoms with van der Waals surface area (Å²) in [6.45, 7) is 4.44. The summed E-state index contributed by atoms with van der Waals surface area (Å²) in [5, 5.41) is 2.15. The zero-order valence-corrected chi connectivity index (χ0v) is 14.1. The Bertz CT molecular complexity index is 536. The Labute approximate surface area is 132 Å². The van der Waals surface area contributed by atoms with Crippen molar-refractivity contribution >= 4 is 17.0 Å². The maximum Gasteiger partial charge on any atom is 0.0399 e. The molecule has 0 aliphatic rings. The molecule has 2 nitrogen and oxygen atoms in total. The second kappa shape index (κ2) is 7.62. The quantitative estimate of drug-likeness (QED) is 0.834. The number of para-hydroxylation sites is 1. The molecule has 0 aliphatic heterocycles. The molecule has 3 heteroatoms. The van der Waals surface area contributed by atoms with Crippen molar-refractivity contribution in [3.63, 3.8) is 0 Å². The van der Waals surface area contributed by atoms with Crippen molar-refractivity contribution in [2.45, 2.75) is 45.2 Å². The molecule has 1 aromatic carbocycles. The van der Waals surface area contributed by atoms with Crippen LogP contribution in [0, 0.1) is 0 Å². The summed E-state index contributed by atoms with van der Waals surface area (Å²) < 4.78 is 0. The Hall–Kier alpha value is -1.32. The lowest BCUT2D eigenvalue weighted by molar-refractivity contribution is 0.638. The van der Waals surface area contributed by atoms with Gasteiger partial charge >= 0.3 is 0 Å². The van der Waals surface area contributed by atoms with E-state index in [1.165, 1.54) is 16.1 Å². The number of nitrogens with zero attached hydrogens (tertiary/aromatic N) is 1. The summed E-state index contributed by atoms with van der Waals surface area (Å²) in [6, 6.07) is 13.7. The molecule has 0 saturated carbocycles. The van der Waals surface area contributed by atoms with Crippen molar-refractivity contribution in [1.82, 2.24) is 0 Å². The molecule has 2 aromatic rings. The summed E-state index contributed by atoms with van der Waals surface area (Å²) in [4.78, 5) is 3.83. The van der Waals surface area contributed by atoms with Gasteiger partial charge in [-0.15, -0.1) is 11.3 Å². The van der Waals surface area contributed by atoms with E-state index in [-0.39, 0.29) is 6.04 Å². The lowest BCUT2D eigenvalue weighted by Gasteiger charge is -2.29. The van der Waals surface area contributed by atoms with Crippen molar-refractivity contribution in [3.05, 3.63) is 52.2 Å². The van der Waals surface area contributed by atoms with Crippen LogP contribution in [0.2, 0.25) is 0 Å². The number of hydrogen-bond donors (Lipinski definition) is 1. The molecule has 0 radical (unpaired) electrons. The van der Waals surface area contributed by atoms with Crippen molar-refractivity contribution in [2.24, 2.45) is 5.73 Å². The Balaban J connectivity index is 2.12. The van der Waals surface area contributed by atoms with E-state index in [1.54, 1.807) is 0 Å². The van der Waals surface area contributed by atoms with E-state index in [1.807, 2.05) is 11.3 Å². The molecule has 0 aliphatic carbocycles. The molecule has 1 aromatic heterocycles. The molecule has 2 atom stereocenters. The van der Waals surface area contributed by atoms with Gasteiger partial charge in [-0.3, -0.25) is 0 Å². The second-order valence-electron chi connectivity index (χ2n) is 5.74. The van der Waals surface area contributed by atoms with Crippen LogP contribution in [0.25, 0.3) is 0 Å². The topological polar surface area (TPSA) is 29.3 Å². The van der Waals surface area contributed by atoms with Gasteiger partial charge in [-0.2, -0.15) is 0 Å². The predicted octanol–water partition coefficient (Wildman–Crippen LogP) is 4.10. The van der Waals surface area contributed by atoms with Crippen LogP contribution >= 0.6 is 11.3 Å². The highest BCUT2D eigenvalue weighted by Gasteiger charge is 2.15. The smallest absolute Gasteiger partial charge is 0.0399 e. The van der Waals surface area contributed by atoms with Crippen LogP contribution in [0.4, 0.5) is 5.69 Å². The van der Waals surface area contributed by atoms with Gasteiger partial charge in [-0.05, 0) is 42.8 Å². The van der Waals surface area contributed by atoms with E-state index in [0.717, 1.165) is 19.3 Å². The Morgan fingerprint density at radius 3 is 2.57 bits per heavy atom. The van der Waals surface area contributed by atoms with Gasteiger partial charge in [0.25, 0.3) is 0 Å². The molecular weight excluding hydrogens is 276 g/mol. The van der Waals surface area contributed by atoms with Gasteiger partial charge in [0.2, 0.25) is 0 Å². The first kappa shape index (κ1) is 16.1. The van der Waals surface area contributed by atoms with Gasteiger partial charge in [-0.1, -0.05) is 31.2 Å². The van der Waals surface area contributed by atoms with E-state index in [0.29, 0.717) is 6.04 Å². The average molecular weight is 302 g/mol. The third kappa shape index (κ3) is 4.32. The van der Waals surface area contributed by atoms with E-state index in [4.69, 9.17) is 5.73 Å². The fourth-order valence-electron chi connectivity index (χ4n) is 2.55. The van der Waals surface area contributed by atoms with Crippen LogP contribution in [-0.4, -0.2) is 19.1 Å². The van der Waals surface area contributed by atoms with Gasteiger partial charge in [0.15, 0.2) is 0 Å². The third-order valence-electron chi connectivity index (χ3n) is 4.12. The summed E-state index contributed by atoms with van der Waals surface area (Å²) in [6.07, 6.45) is 3.05. The number of nitrogens with two attached hydrogens (primary N) is 1. The monoisotopic (exact) mass is 302 g/mol. The lowest BCUT2D eigenvalue weighted by atomic mass is 10.0. The number of thiophene rings is 1. The summed E-state index contributed by atoms with van der Waals surface area (Å²) in [5.74, 6) is 0. The standard InChI is InChI=1S/C18H26N2S/c1-4-16(19)13-15-8-5-6-10-18(15)20(3)14(2)12-17-9-7-11-21-17/h5-11,14,16H,4,12-13,19H2,1-3H3. The van der Waals surface area contributed by atoms with E-state index >= 15 is 0 Å². The molecule has 0 fully saturated rings. The minimum atomic E-state index is 0.243. The van der Waals surface area contributed by atoms with Crippen LogP contribution in [0.5, 0.6) is 0 Å². The SMILES string of the molecule is CCC(N)Cc1ccccc1N(C)C(C)Cc1cccs1. The van der Waals surface area contributed by atoms with Crippen LogP contribution in [0.15, 0.2) is 41.8 Å². The molecule has 2 unspecified atom stereocenters. The highest BCUT2D eigenvalue weighted by atomic mass is 32.1. The first-order valence-corrected chi connectivity index (χ1v) is 8.58. The second-order valence-corrected chi connectivity index (χ2v) is 6.78. The molecule has 2 N–H and O–H groups in total. The van der Waals surface area contributed by atoms with Gasteiger partial charge in [0, 0.05) is 36.1 Å². The van der Waals surface area contributed by atoms with Crippen LogP contribution < -0.4 is 10.6 Å². The van der Waals surface area contributed by atoms with Gasteiger partial charge < -0.3 is 10.6 Å². The number of anilines is 1. The number of benzene rings is 1. The van der Waals surface area contributed by atoms with Crippen molar-refractivity contribution in [1.29, 1.82) is 0 Å². The first-order chi connectivity index (χ1) is 10.1. The van der Waals surface area contributed by atoms with Crippen molar-refractivity contribution in [3.8, 4) is 0 Å². The minimum absolute atomic E-state index is 0.243. The van der Waals surface area contributed by atoms with Gasteiger partial charge in [0.05, 0.1) is 0 Å². The summed E-state index contributed by atoms with van der Waals surface area (Å²) >= 11 is 1.84. The van der Waals surface area contributed by atoms with E-state index in [9.17, 15) is 0 Å². The Morgan fingerprint density at radius 2 is 1.90 bits per heavy atom. The number of hydrogen-bond acceptors (Lipinski definition) is 3. The number of rotatable bonds is 7. The van der Waals surface area contributed by atoms with E-state index in [2.05, 4.69) is 67.6 Å². The van der Waals surface area contributed by atoms with Crippen LogP contribution in [0.3, 0.4) is 0 Å². The molecular formula is C18H26N2S. The van der Waals surface area contributed by atoms with Crippen molar-refractivity contribution in [2.75, 3.05) is 11.9 Å². The first-order valence-electron chi connectivity index (χ1n) is 7.70. The van der Waals surface area contributed by atoms with Crippen LogP contribution in [-0.2, 0) is 12.8 Å². The maximum absolute atomic E-state index is 6.14. The van der Waals surface area contributed by atoms with Crippen molar-refractivity contribution < 1.29 is 0 Å². The Morgan fingerprint density at radius 1 is 1.14 bits per heavy atom. The van der Waals surface area contributed by atoms with E-state index < -0.39 is 0 Å². The fraction of sp³-hybridized carbons (Fsp3) is 0.444. The molecule has 1 heterocycles. The summed E-state index contributed by atoms with van der Waals surface area (Å²) in [7, 11) is 2.19. The van der Waals surface area contributed by atoms with Gasteiger partial charge in [-0.25, -0.2) is 0 Å². The average Bonchev–Trinajstić information content (AvgIpc) is 2.99. The lowest BCUT2D eigenvalue weighted by Crippen LogP contribution is -2.32. The Kier molecular flexibility index (Phi) is 5.83. The molecule has 0 bridgehead atoms. The highest BCUT2D eigenvalue weighted by Crippen LogP contribution is 2.24. The zero-order valence-electron chi connectivity index (χ0n) is 13.3. The normalized spacial score (nSPS) is 13.9. The van der Waals surface area contributed by atoms with Gasteiger partial charge in [0.1, 0.15) is 0 Å². The third-order valence-corrected chi connectivity index (χ3v) is 5.01. The fourth-order valence-corrected chi connectivity index (χ4v) is 3.38.